The Morgan fingerprint density at radius 1 is 1.20 bits per heavy atom. The number of hydrogen-bond acceptors (Lipinski definition) is 5. The lowest BCUT2D eigenvalue weighted by Gasteiger charge is -2.12. The fraction of sp³-hybridized carbons (Fsp3) is 0.500. The lowest BCUT2D eigenvalue weighted by Crippen LogP contribution is -2.41. The van der Waals surface area contributed by atoms with E-state index in [-0.39, 0.29) is 13.2 Å². The van der Waals surface area contributed by atoms with Crippen LogP contribution in [-0.4, -0.2) is 25.2 Å². The van der Waals surface area contributed by atoms with Gasteiger partial charge in [0.25, 0.3) is 5.91 Å². The molecule has 0 aliphatic carbocycles. The number of hydrogen-bond donors (Lipinski definition) is 2. The molecule has 0 heterocycles. The van der Waals surface area contributed by atoms with E-state index in [1.54, 1.807) is 13.8 Å². The Bertz CT molecular complexity index is 251. The Morgan fingerprint density at radius 2 is 1.80 bits per heavy atom. The van der Waals surface area contributed by atoms with Crippen LogP contribution in [0.5, 0.6) is 0 Å². The van der Waals surface area contributed by atoms with Crippen LogP contribution < -0.4 is 16.0 Å². The van der Waals surface area contributed by atoms with Crippen LogP contribution in [0, 0.1) is 0 Å². The van der Waals surface area contributed by atoms with Gasteiger partial charge in [0, 0.05) is 6.08 Å². The van der Waals surface area contributed by atoms with Gasteiger partial charge in [-0.1, -0.05) is 6.92 Å². The Kier molecular flexibility index (Phi) is 6.52. The quantitative estimate of drug-likeness (QED) is 0.357. The molecule has 0 aromatic carbocycles. The average molecular weight is 217 g/mol. The Morgan fingerprint density at radius 3 is 2.33 bits per heavy atom. The lowest BCUT2D eigenvalue weighted by molar-refractivity contribution is -0.356. The van der Waals surface area contributed by atoms with Crippen molar-refractivity contribution in [3.8, 4) is 0 Å². The zero-order chi connectivity index (χ0) is 11.7. The van der Waals surface area contributed by atoms with Crippen LogP contribution >= 0.6 is 0 Å². The van der Waals surface area contributed by atoms with Crippen LogP contribution in [0.4, 0.5) is 4.79 Å². The summed E-state index contributed by atoms with van der Waals surface area (Å²) in [6, 6.07) is 0. The highest BCUT2D eigenvalue weighted by Gasteiger charge is 2.01. The number of nitrogens with one attached hydrogen (secondary N) is 2. The normalized spacial score (nSPS) is 10.4. The second-order valence-electron chi connectivity index (χ2n) is 2.23. The Balaban J connectivity index is 3.84. The molecule has 0 aromatic heterocycles. The topological polar surface area (TPSA) is 99.7 Å². The van der Waals surface area contributed by atoms with Gasteiger partial charge in [0.1, 0.15) is 0 Å². The third-order valence-corrected chi connectivity index (χ3v) is 1.10. The monoisotopic (exact) mass is 217 g/mol. The smallest absolute Gasteiger partial charge is 0.426 e. The first-order valence-corrected chi connectivity index (χ1v) is 4.34. The van der Waals surface area contributed by atoms with E-state index in [1.165, 1.54) is 0 Å². The van der Waals surface area contributed by atoms with Crippen LogP contribution in [0.3, 0.4) is 0 Å². The molecular formula is C8H13N2O5-. The standard InChI is InChI=1S/C8H14N2O5/c1-3-14-7(12)5-6(11)9-10-8(13)15-4-2/h5,12H,3-4H2,1-2H3,(H,9,11)(H,10,13)/p-1/b7-5+. The van der Waals surface area contributed by atoms with Crippen LogP contribution in [-0.2, 0) is 14.3 Å². The minimum absolute atomic E-state index is 0.175. The van der Waals surface area contributed by atoms with Crippen molar-refractivity contribution in [3.05, 3.63) is 12.0 Å². The molecule has 0 aliphatic rings. The third kappa shape index (κ3) is 7.17. The minimum atomic E-state index is -0.803. The maximum atomic E-state index is 10.9. The molecule has 0 unspecified atom stereocenters. The van der Waals surface area contributed by atoms with Crippen LogP contribution in [0.15, 0.2) is 12.0 Å². The maximum Gasteiger partial charge on any atom is 0.426 e. The van der Waals surface area contributed by atoms with Gasteiger partial charge in [-0.05, 0) is 13.5 Å². The van der Waals surface area contributed by atoms with Gasteiger partial charge in [-0.15, -0.1) is 0 Å². The molecule has 2 N–H and O–H groups in total. The third-order valence-electron chi connectivity index (χ3n) is 1.10. The molecule has 0 radical (unpaired) electrons. The first-order valence-electron chi connectivity index (χ1n) is 4.34. The van der Waals surface area contributed by atoms with Gasteiger partial charge in [0.2, 0.25) is 0 Å². The van der Waals surface area contributed by atoms with Crippen LogP contribution in [0.2, 0.25) is 0 Å². The van der Waals surface area contributed by atoms with E-state index in [0.717, 1.165) is 0 Å². The Labute approximate surface area is 87.0 Å². The van der Waals surface area contributed by atoms with Gasteiger partial charge in [-0.2, -0.15) is 0 Å². The summed E-state index contributed by atoms with van der Waals surface area (Å²) in [6.07, 6.45) is -0.126. The fourth-order valence-corrected chi connectivity index (χ4v) is 0.607. The number of carbonyl (C=O) groups excluding carboxylic acids is 2. The van der Waals surface area contributed by atoms with E-state index >= 15 is 0 Å². The number of hydrazine groups is 1. The summed E-state index contributed by atoms with van der Waals surface area (Å²) >= 11 is 0. The first kappa shape index (κ1) is 13.1. The summed E-state index contributed by atoms with van der Waals surface area (Å²) in [7, 11) is 0. The number of amides is 2. The highest BCUT2D eigenvalue weighted by atomic mass is 16.6. The van der Waals surface area contributed by atoms with Crippen molar-refractivity contribution in [2.45, 2.75) is 13.8 Å². The molecule has 0 fully saturated rings. The Hall–Kier alpha value is -1.92. The maximum absolute atomic E-state index is 10.9. The van der Waals surface area contributed by atoms with E-state index in [2.05, 4.69) is 9.47 Å². The molecule has 2 amide bonds. The molecule has 7 nitrogen and oxygen atoms in total. The van der Waals surface area contributed by atoms with E-state index in [4.69, 9.17) is 0 Å². The SMILES string of the molecule is CCOC(=O)NNC(=O)/C=C(\[O-])OCC. The molecular weight excluding hydrogens is 204 g/mol. The molecule has 0 rings (SSSR count). The number of carbonyl (C=O) groups is 2. The van der Waals surface area contributed by atoms with E-state index in [0.29, 0.717) is 6.08 Å². The van der Waals surface area contributed by atoms with E-state index < -0.39 is 17.9 Å². The first-order chi connectivity index (χ1) is 7.10. The molecule has 0 bridgehead atoms. The molecule has 7 heteroatoms. The molecule has 86 valence electrons. The van der Waals surface area contributed by atoms with Crippen molar-refractivity contribution in [2.24, 2.45) is 0 Å². The van der Waals surface area contributed by atoms with Gasteiger partial charge < -0.3 is 14.6 Å². The summed E-state index contributed by atoms with van der Waals surface area (Å²) in [6.45, 7) is 3.59. The molecule has 0 saturated heterocycles. The van der Waals surface area contributed by atoms with Crippen molar-refractivity contribution in [1.29, 1.82) is 0 Å². The highest BCUT2D eigenvalue weighted by Crippen LogP contribution is 1.85. The average Bonchev–Trinajstić information content (AvgIpc) is 2.15. The summed E-state index contributed by atoms with van der Waals surface area (Å²) in [5.74, 6) is -1.57. The predicted molar refractivity (Wildman–Crippen MR) is 48.0 cm³/mol. The summed E-state index contributed by atoms with van der Waals surface area (Å²) < 4.78 is 8.92. The lowest BCUT2D eigenvalue weighted by atomic mass is 10.6. The zero-order valence-corrected chi connectivity index (χ0v) is 8.53. The molecule has 15 heavy (non-hydrogen) atoms. The van der Waals surface area contributed by atoms with Crippen LogP contribution in [0.1, 0.15) is 13.8 Å². The van der Waals surface area contributed by atoms with Crippen molar-refractivity contribution in [2.75, 3.05) is 13.2 Å². The molecule has 0 spiro atoms. The van der Waals surface area contributed by atoms with Gasteiger partial charge >= 0.3 is 6.09 Å². The van der Waals surface area contributed by atoms with E-state index in [9.17, 15) is 14.7 Å². The molecule has 0 aliphatic heterocycles. The molecule has 0 saturated carbocycles. The van der Waals surface area contributed by atoms with Crippen molar-refractivity contribution in [3.63, 3.8) is 0 Å². The number of ether oxygens (including phenoxy) is 2. The van der Waals surface area contributed by atoms with Gasteiger partial charge in [0.15, 0.2) is 0 Å². The van der Waals surface area contributed by atoms with Gasteiger partial charge in [0.05, 0.1) is 12.6 Å². The van der Waals surface area contributed by atoms with Crippen molar-refractivity contribution < 1.29 is 24.2 Å². The van der Waals surface area contributed by atoms with Crippen molar-refractivity contribution >= 4 is 12.0 Å². The van der Waals surface area contributed by atoms with Crippen LogP contribution in [0.25, 0.3) is 0 Å². The minimum Gasteiger partial charge on any atom is -0.613 e. The second-order valence-corrected chi connectivity index (χ2v) is 2.23. The molecule has 0 aromatic rings. The summed E-state index contributed by atoms with van der Waals surface area (Å²) in [4.78, 5) is 21.6. The van der Waals surface area contributed by atoms with Gasteiger partial charge in [-0.25, -0.2) is 10.2 Å². The fourth-order valence-electron chi connectivity index (χ4n) is 0.607. The largest absolute Gasteiger partial charge is 0.613 e. The number of rotatable bonds is 4. The predicted octanol–water partition coefficient (Wildman–Crippen LogP) is -0.998. The summed E-state index contributed by atoms with van der Waals surface area (Å²) in [5.41, 5.74) is 3.87. The van der Waals surface area contributed by atoms with E-state index in [1.807, 2.05) is 10.9 Å². The second kappa shape index (κ2) is 7.48. The van der Waals surface area contributed by atoms with Gasteiger partial charge in [-0.3, -0.25) is 10.2 Å². The highest BCUT2D eigenvalue weighted by molar-refractivity contribution is 5.88. The zero-order valence-electron chi connectivity index (χ0n) is 8.53. The summed E-state index contributed by atoms with van der Waals surface area (Å²) in [5, 5.41) is 10.7. The molecule has 0 atom stereocenters. The van der Waals surface area contributed by atoms with Crippen molar-refractivity contribution in [1.82, 2.24) is 10.9 Å².